The van der Waals surface area contributed by atoms with Crippen LogP contribution >= 0.6 is 11.8 Å². The predicted molar refractivity (Wildman–Crippen MR) is 131 cm³/mol. The van der Waals surface area contributed by atoms with Crippen molar-refractivity contribution < 1.29 is 14.3 Å². The summed E-state index contributed by atoms with van der Waals surface area (Å²) in [5, 5.41) is 1.17. The quantitative estimate of drug-likeness (QED) is 0.255. The first kappa shape index (κ1) is 23.3. The molecule has 2 aromatic carbocycles. The van der Waals surface area contributed by atoms with Gasteiger partial charge in [-0.3, -0.25) is 14.2 Å². The Morgan fingerprint density at radius 2 is 1.85 bits per heavy atom. The summed E-state index contributed by atoms with van der Waals surface area (Å²) in [4.78, 5) is 33.2. The third-order valence-electron chi connectivity index (χ3n) is 5.77. The molecule has 1 aliphatic rings. The number of hydrogen-bond donors (Lipinski definition) is 0. The SMILES string of the molecule is CCN(CC)CCCn1c(SCC(=O)c2ccc3c(c2)OCCO3)nc2ccccc2c1=O. The average molecular weight is 468 g/mol. The van der Waals surface area contributed by atoms with Gasteiger partial charge in [-0.05, 0) is 56.4 Å². The van der Waals surface area contributed by atoms with E-state index in [1.807, 2.05) is 18.2 Å². The van der Waals surface area contributed by atoms with E-state index in [1.165, 1.54) is 11.8 Å². The molecule has 0 saturated carbocycles. The zero-order chi connectivity index (χ0) is 23.2. The Kier molecular flexibility index (Phi) is 7.67. The van der Waals surface area contributed by atoms with Crippen molar-refractivity contribution in [3.05, 3.63) is 58.4 Å². The van der Waals surface area contributed by atoms with Gasteiger partial charge in [0, 0.05) is 12.1 Å². The van der Waals surface area contributed by atoms with Crippen molar-refractivity contribution >= 4 is 28.4 Å². The molecule has 0 N–H and O–H groups in total. The Labute approximate surface area is 197 Å². The van der Waals surface area contributed by atoms with Crippen LogP contribution < -0.4 is 15.0 Å². The molecule has 4 rings (SSSR count). The van der Waals surface area contributed by atoms with Crippen LogP contribution in [0.3, 0.4) is 0 Å². The Morgan fingerprint density at radius 3 is 2.64 bits per heavy atom. The summed E-state index contributed by atoms with van der Waals surface area (Å²) < 4.78 is 12.8. The number of ketones is 1. The number of ether oxygens (including phenoxy) is 2. The highest BCUT2D eigenvalue weighted by Crippen LogP contribution is 2.31. The predicted octanol–water partition coefficient (Wildman–Crippen LogP) is 3.87. The maximum atomic E-state index is 13.2. The van der Waals surface area contributed by atoms with Gasteiger partial charge in [0.05, 0.1) is 16.7 Å². The summed E-state index contributed by atoms with van der Waals surface area (Å²) in [6.45, 7) is 8.69. The van der Waals surface area contributed by atoms with Gasteiger partial charge in [-0.2, -0.15) is 0 Å². The maximum Gasteiger partial charge on any atom is 0.262 e. The minimum Gasteiger partial charge on any atom is -0.486 e. The van der Waals surface area contributed by atoms with Gasteiger partial charge in [-0.1, -0.05) is 37.7 Å². The molecule has 0 amide bonds. The number of fused-ring (bicyclic) bond motifs is 2. The fourth-order valence-electron chi connectivity index (χ4n) is 3.88. The molecule has 0 unspecified atom stereocenters. The lowest BCUT2D eigenvalue weighted by atomic mass is 10.1. The van der Waals surface area contributed by atoms with Crippen LogP contribution in [0.2, 0.25) is 0 Å². The van der Waals surface area contributed by atoms with Crippen molar-refractivity contribution in [3.8, 4) is 11.5 Å². The zero-order valence-electron chi connectivity index (χ0n) is 19.1. The molecule has 174 valence electrons. The van der Waals surface area contributed by atoms with E-state index in [9.17, 15) is 9.59 Å². The molecule has 0 saturated heterocycles. The van der Waals surface area contributed by atoms with E-state index in [0.29, 0.717) is 52.9 Å². The molecule has 0 radical (unpaired) electrons. The van der Waals surface area contributed by atoms with Crippen LogP contribution in [0.15, 0.2) is 52.4 Å². The number of nitrogens with zero attached hydrogens (tertiary/aromatic N) is 3. The third kappa shape index (κ3) is 5.39. The first-order valence-corrected chi connectivity index (χ1v) is 12.4. The zero-order valence-corrected chi connectivity index (χ0v) is 19.9. The Balaban J connectivity index is 1.54. The number of hydrogen-bond acceptors (Lipinski definition) is 7. The van der Waals surface area contributed by atoms with Crippen LogP contribution in [0.4, 0.5) is 0 Å². The molecule has 0 bridgehead atoms. The van der Waals surface area contributed by atoms with Crippen molar-refractivity contribution in [3.63, 3.8) is 0 Å². The lowest BCUT2D eigenvalue weighted by Crippen LogP contribution is -2.28. The highest BCUT2D eigenvalue weighted by atomic mass is 32.2. The van der Waals surface area contributed by atoms with Gasteiger partial charge < -0.3 is 14.4 Å². The summed E-state index contributed by atoms with van der Waals surface area (Å²) in [5.41, 5.74) is 1.15. The van der Waals surface area contributed by atoms with Crippen molar-refractivity contribution in [2.45, 2.75) is 32.0 Å². The summed E-state index contributed by atoms with van der Waals surface area (Å²) in [6.07, 6.45) is 0.839. The topological polar surface area (TPSA) is 73.7 Å². The average Bonchev–Trinajstić information content (AvgIpc) is 2.86. The van der Waals surface area contributed by atoms with Gasteiger partial charge in [-0.15, -0.1) is 0 Å². The third-order valence-corrected chi connectivity index (χ3v) is 6.75. The Bertz CT molecular complexity index is 1190. The molecule has 1 aliphatic heterocycles. The molecule has 1 aromatic heterocycles. The molecule has 0 atom stereocenters. The van der Waals surface area contributed by atoms with Crippen LogP contribution in [0, 0.1) is 0 Å². The van der Waals surface area contributed by atoms with Crippen molar-refractivity contribution in [1.82, 2.24) is 14.5 Å². The van der Waals surface area contributed by atoms with Crippen LogP contribution in [-0.2, 0) is 6.54 Å². The van der Waals surface area contributed by atoms with Crippen molar-refractivity contribution in [2.75, 3.05) is 38.6 Å². The first-order valence-electron chi connectivity index (χ1n) is 11.4. The number of rotatable bonds is 10. The standard InChI is InChI=1S/C25H29N3O4S/c1-3-27(4-2)12-7-13-28-24(30)19-8-5-6-9-20(19)26-25(28)33-17-21(29)18-10-11-22-23(16-18)32-15-14-31-22/h5-6,8-11,16H,3-4,7,12-15,17H2,1-2H3. The fourth-order valence-corrected chi connectivity index (χ4v) is 4.80. The number of carbonyl (C=O) groups is 1. The number of carbonyl (C=O) groups excluding carboxylic acids is 1. The van der Waals surface area contributed by atoms with E-state index in [-0.39, 0.29) is 17.1 Å². The molecule has 7 nitrogen and oxygen atoms in total. The number of aromatic nitrogens is 2. The number of Topliss-reactive ketones (excluding diaryl/α,β-unsaturated/α-hetero) is 1. The number of benzene rings is 2. The number of para-hydroxylation sites is 1. The second-order valence-corrected chi connectivity index (χ2v) is 8.76. The van der Waals surface area contributed by atoms with Gasteiger partial charge in [0.1, 0.15) is 13.2 Å². The lowest BCUT2D eigenvalue weighted by molar-refractivity contribution is 0.102. The maximum absolute atomic E-state index is 13.2. The summed E-state index contributed by atoms with van der Waals surface area (Å²) in [5.74, 6) is 1.38. The molecule has 2 heterocycles. The monoisotopic (exact) mass is 467 g/mol. The van der Waals surface area contributed by atoms with Crippen LogP contribution in [0.25, 0.3) is 10.9 Å². The number of thioether (sulfide) groups is 1. The van der Waals surface area contributed by atoms with E-state index < -0.39 is 0 Å². The van der Waals surface area contributed by atoms with Crippen LogP contribution in [0.1, 0.15) is 30.6 Å². The Morgan fingerprint density at radius 1 is 1.09 bits per heavy atom. The van der Waals surface area contributed by atoms with Gasteiger partial charge in [0.15, 0.2) is 22.4 Å². The normalized spacial score (nSPS) is 12.9. The summed E-state index contributed by atoms with van der Waals surface area (Å²) in [7, 11) is 0. The molecule has 0 aliphatic carbocycles. The van der Waals surface area contributed by atoms with E-state index in [4.69, 9.17) is 14.5 Å². The van der Waals surface area contributed by atoms with Gasteiger partial charge in [0.2, 0.25) is 0 Å². The smallest absolute Gasteiger partial charge is 0.262 e. The molecule has 33 heavy (non-hydrogen) atoms. The molecule has 0 fully saturated rings. The molecule has 3 aromatic rings. The van der Waals surface area contributed by atoms with Crippen molar-refractivity contribution in [1.29, 1.82) is 0 Å². The first-order chi connectivity index (χ1) is 16.1. The molecular weight excluding hydrogens is 438 g/mol. The van der Waals surface area contributed by atoms with Gasteiger partial charge >= 0.3 is 0 Å². The van der Waals surface area contributed by atoms with E-state index in [1.54, 1.807) is 28.8 Å². The molecule has 0 spiro atoms. The van der Waals surface area contributed by atoms with Crippen molar-refractivity contribution in [2.24, 2.45) is 0 Å². The van der Waals surface area contributed by atoms with Crippen LogP contribution in [-0.4, -0.2) is 58.8 Å². The second kappa shape index (κ2) is 10.9. The van der Waals surface area contributed by atoms with E-state index in [0.717, 1.165) is 26.1 Å². The molecule has 8 heteroatoms. The Hall–Kier alpha value is -2.84. The lowest BCUT2D eigenvalue weighted by Gasteiger charge is -2.19. The fraction of sp³-hybridized carbons (Fsp3) is 0.400. The minimum atomic E-state index is -0.0607. The van der Waals surface area contributed by atoms with E-state index in [2.05, 4.69) is 18.7 Å². The molecular formula is C25H29N3O4S. The summed E-state index contributed by atoms with van der Waals surface area (Å²) >= 11 is 1.30. The van der Waals surface area contributed by atoms with Gasteiger partial charge in [-0.25, -0.2) is 4.98 Å². The van der Waals surface area contributed by atoms with Crippen LogP contribution in [0.5, 0.6) is 11.5 Å². The second-order valence-electron chi connectivity index (χ2n) is 7.82. The largest absolute Gasteiger partial charge is 0.486 e. The van der Waals surface area contributed by atoms with E-state index >= 15 is 0 Å². The highest BCUT2D eigenvalue weighted by molar-refractivity contribution is 7.99. The van der Waals surface area contributed by atoms with Gasteiger partial charge in [0.25, 0.3) is 5.56 Å². The highest BCUT2D eigenvalue weighted by Gasteiger charge is 2.17. The summed E-state index contributed by atoms with van der Waals surface area (Å²) in [6, 6.07) is 12.6. The minimum absolute atomic E-state index is 0.0472.